The van der Waals surface area contributed by atoms with Crippen LogP contribution in [0.2, 0.25) is 5.02 Å². The quantitative estimate of drug-likeness (QED) is 0.903. The molecule has 2 aromatic heterocycles. The molecule has 0 aliphatic carbocycles. The molecule has 90 valence electrons. The number of nitrogens with one attached hydrogen (secondary N) is 1. The highest BCUT2D eigenvalue weighted by molar-refractivity contribution is 7.10. The van der Waals surface area contributed by atoms with Gasteiger partial charge in [-0.3, -0.25) is 0 Å². The Morgan fingerprint density at radius 2 is 2.29 bits per heavy atom. The maximum atomic E-state index is 6.20. The minimum atomic E-state index is 0.109. The van der Waals surface area contributed by atoms with Crippen LogP contribution in [0.4, 0.5) is 0 Å². The molecule has 0 bridgehead atoms. The first kappa shape index (κ1) is 12.5. The summed E-state index contributed by atoms with van der Waals surface area (Å²) in [6.07, 6.45) is 4.57. The summed E-state index contributed by atoms with van der Waals surface area (Å²) >= 11 is 7.86. The molecule has 2 heterocycles. The van der Waals surface area contributed by atoms with Crippen LogP contribution in [0.5, 0.6) is 0 Å². The number of nitrogens with zero attached hydrogens (tertiary/aromatic N) is 2. The zero-order valence-corrected chi connectivity index (χ0v) is 11.1. The maximum Gasteiger partial charge on any atom is 0.0702 e. The average molecular weight is 268 g/mol. The van der Waals surface area contributed by atoms with Crippen LogP contribution in [-0.2, 0) is 0 Å². The number of rotatable bonds is 5. The Morgan fingerprint density at radius 3 is 2.88 bits per heavy atom. The van der Waals surface area contributed by atoms with Crippen LogP contribution >= 0.6 is 22.9 Å². The van der Waals surface area contributed by atoms with E-state index in [1.54, 1.807) is 23.7 Å². The fraction of sp³-hybridized carbons (Fsp3) is 0.333. The third kappa shape index (κ3) is 3.03. The number of hydrogen-bond acceptors (Lipinski definition) is 4. The minimum Gasteiger partial charge on any atom is -0.306 e. The lowest BCUT2D eigenvalue weighted by molar-refractivity contribution is 0.603. The minimum absolute atomic E-state index is 0.109. The largest absolute Gasteiger partial charge is 0.306 e. The Balaban J connectivity index is 2.29. The zero-order valence-electron chi connectivity index (χ0n) is 9.56. The van der Waals surface area contributed by atoms with Gasteiger partial charge in [-0.2, -0.15) is 10.2 Å². The van der Waals surface area contributed by atoms with Gasteiger partial charge in [0.05, 0.1) is 17.3 Å². The van der Waals surface area contributed by atoms with E-state index in [4.69, 9.17) is 11.6 Å². The fourth-order valence-electron chi connectivity index (χ4n) is 1.63. The molecule has 0 aliphatic rings. The monoisotopic (exact) mass is 267 g/mol. The molecule has 0 saturated carbocycles. The van der Waals surface area contributed by atoms with Gasteiger partial charge in [0.1, 0.15) is 0 Å². The fourth-order valence-corrected chi connectivity index (χ4v) is 2.90. The molecule has 17 heavy (non-hydrogen) atoms. The molecule has 0 saturated heterocycles. The van der Waals surface area contributed by atoms with Crippen LogP contribution in [0, 0.1) is 0 Å². The molecule has 1 unspecified atom stereocenters. The van der Waals surface area contributed by atoms with Crippen LogP contribution in [0.1, 0.15) is 29.8 Å². The number of halogens is 1. The Morgan fingerprint density at radius 1 is 1.41 bits per heavy atom. The molecule has 1 N–H and O–H groups in total. The second kappa shape index (κ2) is 6.10. The molecule has 0 aliphatic heterocycles. The molecule has 0 amide bonds. The van der Waals surface area contributed by atoms with Crippen LogP contribution in [0.25, 0.3) is 0 Å². The summed E-state index contributed by atoms with van der Waals surface area (Å²) < 4.78 is 0. The summed E-state index contributed by atoms with van der Waals surface area (Å²) in [5, 5.41) is 14.0. The first-order valence-corrected chi connectivity index (χ1v) is 6.81. The van der Waals surface area contributed by atoms with Crippen molar-refractivity contribution in [2.24, 2.45) is 0 Å². The lowest BCUT2D eigenvalue weighted by Crippen LogP contribution is -2.22. The van der Waals surface area contributed by atoms with Gasteiger partial charge in [-0.25, -0.2) is 0 Å². The molecule has 5 heteroatoms. The van der Waals surface area contributed by atoms with E-state index in [1.807, 2.05) is 17.5 Å². The molecule has 0 spiro atoms. The molecule has 2 aromatic rings. The van der Waals surface area contributed by atoms with E-state index >= 15 is 0 Å². The van der Waals surface area contributed by atoms with Crippen molar-refractivity contribution in [2.75, 3.05) is 6.54 Å². The highest BCUT2D eigenvalue weighted by Crippen LogP contribution is 2.32. The second-order valence-corrected chi connectivity index (χ2v) is 5.05. The maximum absolute atomic E-state index is 6.20. The van der Waals surface area contributed by atoms with Gasteiger partial charge in [-0.1, -0.05) is 18.5 Å². The molecule has 2 rings (SSSR count). The zero-order chi connectivity index (χ0) is 12.1. The van der Waals surface area contributed by atoms with Crippen LogP contribution < -0.4 is 5.32 Å². The highest BCUT2D eigenvalue weighted by Gasteiger charge is 2.17. The molecular weight excluding hydrogens is 254 g/mol. The van der Waals surface area contributed by atoms with Crippen molar-refractivity contribution in [2.45, 2.75) is 19.4 Å². The van der Waals surface area contributed by atoms with Gasteiger partial charge in [0.25, 0.3) is 0 Å². The van der Waals surface area contributed by atoms with Crippen LogP contribution in [-0.4, -0.2) is 16.7 Å². The van der Waals surface area contributed by atoms with E-state index in [0.717, 1.165) is 28.4 Å². The van der Waals surface area contributed by atoms with Gasteiger partial charge in [-0.15, -0.1) is 11.3 Å². The lowest BCUT2D eigenvalue weighted by atomic mass is 10.1. The summed E-state index contributed by atoms with van der Waals surface area (Å²) in [6.45, 7) is 3.09. The van der Waals surface area contributed by atoms with E-state index in [-0.39, 0.29) is 6.04 Å². The van der Waals surface area contributed by atoms with Crippen molar-refractivity contribution in [3.8, 4) is 0 Å². The van der Waals surface area contributed by atoms with Gasteiger partial charge in [0, 0.05) is 11.1 Å². The normalized spacial score (nSPS) is 12.6. The standard InChI is InChI=1S/C12H14ClN3S/c1-2-5-14-11(9-3-6-15-16-8-9)12-10(13)4-7-17-12/h3-4,6-8,11,14H,2,5H2,1H3. The third-order valence-corrected chi connectivity index (χ3v) is 3.87. The van der Waals surface area contributed by atoms with Gasteiger partial charge >= 0.3 is 0 Å². The van der Waals surface area contributed by atoms with Crippen molar-refractivity contribution in [1.29, 1.82) is 0 Å². The van der Waals surface area contributed by atoms with Crippen molar-refractivity contribution in [3.05, 3.63) is 45.4 Å². The average Bonchev–Trinajstić information content (AvgIpc) is 2.78. The summed E-state index contributed by atoms with van der Waals surface area (Å²) in [6, 6.07) is 4.01. The van der Waals surface area contributed by atoms with Crippen LogP contribution in [0.15, 0.2) is 29.9 Å². The molecule has 0 fully saturated rings. The predicted molar refractivity (Wildman–Crippen MR) is 71.5 cm³/mol. The van der Waals surface area contributed by atoms with Crippen molar-refractivity contribution < 1.29 is 0 Å². The molecule has 0 radical (unpaired) electrons. The van der Waals surface area contributed by atoms with E-state index in [1.165, 1.54) is 0 Å². The van der Waals surface area contributed by atoms with Gasteiger partial charge < -0.3 is 5.32 Å². The Bertz CT molecular complexity index is 458. The van der Waals surface area contributed by atoms with Crippen molar-refractivity contribution in [3.63, 3.8) is 0 Å². The third-order valence-electron chi connectivity index (χ3n) is 2.45. The molecule has 1 atom stereocenters. The number of thiophene rings is 1. The Kier molecular flexibility index (Phi) is 4.48. The summed E-state index contributed by atoms with van der Waals surface area (Å²) in [7, 11) is 0. The summed E-state index contributed by atoms with van der Waals surface area (Å²) in [5.74, 6) is 0. The van der Waals surface area contributed by atoms with E-state index in [0.29, 0.717) is 0 Å². The first-order chi connectivity index (χ1) is 8.33. The van der Waals surface area contributed by atoms with Crippen molar-refractivity contribution >= 4 is 22.9 Å². The first-order valence-electron chi connectivity index (χ1n) is 5.55. The van der Waals surface area contributed by atoms with Crippen LogP contribution in [0.3, 0.4) is 0 Å². The Labute approximate surface area is 110 Å². The van der Waals surface area contributed by atoms with Gasteiger partial charge in [0.15, 0.2) is 0 Å². The summed E-state index contributed by atoms with van der Waals surface area (Å²) in [5.41, 5.74) is 1.10. The summed E-state index contributed by atoms with van der Waals surface area (Å²) in [4.78, 5) is 1.13. The van der Waals surface area contributed by atoms with E-state index in [9.17, 15) is 0 Å². The van der Waals surface area contributed by atoms with Crippen molar-refractivity contribution in [1.82, 2.24) is 15.5 Å². The Hall–Kier alpha value is -0.970. The topological polar surface area (TPSA) is 37.8 Å². The molecule has 0 aromatic carbocycles. The smallest absolute Gasteiger partial charge is 0.0702 e. The van der Waals surface area contributed by atoms with E-state index < -0.39 is 0 Å². The van der Waals surface area contributed by atoms with Gasteiger partial charge in [-0.05, 0) is 36.0 Å². The highest BCUT2D eigenvalue weighted by atomic mass is 35.5. The molecular formula is C12H14ClN3S. The lowest BCUT2D eigenvalue weighted by Gasteiger charge is -2.17. The second-order valence-electron chi connectivity index (χ2n) is 3.70. The SMILES string of the molecule is CCCNC(c1ccnnc1)c1sccc1Cl. The number of hydrogen-bond donors (Lipinski definition) is 1. The molecule has 3 nitrogen and oxygen atoms in total. The van der Waals surface area contributed by atoms with E-state index in [2.05, 4.69) is 22.4 Å². The number of aromatic nitrogens is 2. The van der Waals surface area contributed by atoms with Gasteiger partial charge in [0.2, 0.25) is 0 Å². The predicted octanol–water partition coefficient (Wildman–Crippen LogP) is 3.28.